The Morgan fingerprint density at radius 1 is 1.32 bits per heavy atom. The fourth-order valence-corrected chi connectivity index (χ4v) is 2.19. The summed E-state index contributed by atoms with van der Waals surface area (Å²) >= 11 is 0. The summed E-state index contributed by atoms with van der Waals surface area (Å²) in [7, 11) is 5.27. The number of aryl methyl sites for hydroxylation is 2. The maximum absolute atomic E-state index is 11.8. The quantitative estimate of drug-likeness (QED) is 0.881. The average Bonchev–Trinajstić information content (AvgIpc) is 2.36. The summed E-state index contributed by atoms with van der Waals surface area (Å²) in [6.45, 7) is 7.09. The smallest absolute Gasteiger partial charge is 0.236 e. The molecule has 4 nitrogen and oxygen atoms in total. The second-order valence-corrected chi connectivity index (χ2v) is 4.93. The van der Waals surface area contributed by atoms with Gasteiger partial charge in [0.05, 0.1) is 13.7 Å². The van der Waals surface area contributed by atoms with Crippen molar-refractivity contribution in [1.82, 2.24) is 10.2 Å². The lowest BCUT2D eigenvalue weighted by Gasteiger charge is -2.22. The third-order valence-electron chi connectivity index (χ3n) is 3.47. The molecule has 106 valence electrons. The third-order valence-corrected chi connectivity index (χ3v) is 3.47. The van der Waals surface area contributed by atoms with Crippen molar-refractivity contribution in [3.8, 4) is 5.75 Å². The van der Waals surface area contributed by atoms with Crippen molar-refractivity contribution in [2.75, 3.05) is 27.7 Å². The van der Waals surface area contributed by atoms with Gasteiger partial charge in [0.25, 0.3) is 0 Å². The molecule has 0 fully saturated rings. The first-order chi connectivity index (χ1) is 8.92. The van der Waals surface area contributed by atoms with E-state index in [0.29, 0.717) is 13.1 Å². The normalized spacial score (nSPS) is 10.4. The van der Waals surface area contributed by atoms with Crippen LogP contribution in [0.4, 0.5) is 0 Å². The second kappa shape index (κ2) is 6.57. The molecular weight excluding hydrogens is 240 g/mol. The van der Waals surface area contributed by atoms with Gasteiger partial charge in [0, 0.05) is 19.2 Å². The molecule has 1 aromatic rings. The predicted octanol–water partition coefficient (Wildman–Crippen LogP) is 1.80. The van der Waals surface area contributed by atoms with E-state index < -0.39 is 0 Å². The van der Waals surface area contributed by atoms with E-state index in [2.05, 4.69) is 25.2 Å². The number of carbonyl (C=O) groups is 1. The van der Waals surface area contributed by atoms with Gasteiger partial charge in [0.2, 0.25) is 5.91 Å². The van der Waals surface area contributed by atoms with Gasteiger partial charge in [-0.1, -0.05) is 6.07 Å². The lowest BCUT2D eigenvalue weighted by atomic mass is 9.98. The molecule has 0 aliphatic rings. The van der Waals surface area contributed by atoms with E-state index in [0.717, 1.165) is 22.4 Å². The average molecular weight is 264 g/mol. The first kappa shape index (κ1) is 15.5. The molecule has 1 amide bonds. The highest BCUT2D eigenvalue weighted by Crippen LogP contribution is 2.30. The number of benzene rings is 1. The molecule has 1 N–H and O–H groups in total. The van der Waals surface area contributed by atoms with Crippen molar-refractivity contribution < 1.29 is 9.53 Å². The Hall–Kier alpha value is -1.55. The van der Waals surface area contributed by atoms with Crippen molar-refractivity contribution in [2.45, 2.75) is 27.3 Å². The topological polar surface area (TPSA) is 41.6 Å². The van der Waals surface area contributed by atoms with Crippen LogP contribution in [0, 0.1) is 20.8 Å². The molecule has 0 saturated heterocycles. The number of hydrogen-bond acceptors (Lipinski definition) is 3. The molecule has 1 rings (SSSR count). The molecule has 19 heavy (non-hydrogen) atoms. The van der Waals surface area contributed by atoms with E-state index in [4.69, 9.17) is 4.74 Å². The summed E-state index contributed by atoms with van der Waals surface area (Å²) in [5, 5.41) is 2.88. The molecule has 4 heteroatoms. The summed E-state index contributed by atoms with van der Waals surface area (Å²) in [6.07, 6.45) is 0. The van der Waals surface area contributed by atoms with E-state index in [9.17, 15) is 4.79 Å². The molecule has 0 aliphatic heterocycles. The number of hydrogen-bond donors (Lipinski definition) is 1. The molecule has 0 aliphatic carbocycles. The number of carbonyl (C=O) groups excluding carboxylic acids is 1. The monoisotopic (exact) mass is 264 g/mol. The predicted molar refractivity (Wildman–Crippen MR) is 77.6 cm³/mol. The minimum Gasteiger partial charge on any atom is -0.496 e. The Bertz CT molecular complexity index is 470. The van der Waals surface area contributed by atoms with Gasteiger partial charge in [-0.25, -0.2) is 0 Å². The molecule has 0 atom stereocenters. The highest BCUT2D eigenvalue weighted by Gasteiger charge is 2.16. The van der Waals surface area contributed by atoms with Crippen LogP contribution in [0.25, 0.3) is 0 Å². The lowest BCUT2D eigenvalue weighted by Crippen LogP contribution is -2.34. The van der Waals surface area contributed by atoms with E-state index >= 15 is 0 Å². The lowest BCUT2D eigenvalue weighted by molar-refractivity contribution is -0.129. The number of ether oxygens (including phenoxy) is 1. The van der Waals surface area contributed by atoms with Crippen LogP contribution in [-0.4, -0.2) is 38.6 Å². The van der Waals surface area contributed by atoms with Gasteiger partial charge < -0.3 is 15.0 Å². The van der Waals surface area contributed by atoms with Crippen molar-refractivity contribution in [3.63, 3.8) is 0 Å². The fraction of sp³-hybridized carbons (Fsp3) is 0.533. The maximum atomic E-state index is 11.8. The molecule has 1 aromatic carbocycles. The first-order valence-electron chi connectivity index (χ1n) is 6.44. The Morgan fingerprint density at radius 3 is 2.47 bits per heavy atom. The van der Waals surface area contributed by atoms with Crippen molar-refractivity contribution >= 4 is 5.91 Å². The van der Waals surface area contributed by atoms with Crippen LogP contribution in [0.5, 0.6) is 5.75 Å². The van der Waals surface area contributed by atoms with Gasteiger partial charge >= 0.3 is 0 Å². The number of likely N-dealkylation sites (N-methyl/N-ethyl adjacent to an activating group) is 2. The van der Waals surface area contributed by atoms with Crippen LogP contribution in [0.1, 0.15) is 22.3 Å². The Morgan fingerprint density at radius 2 is 1.95 bits per heavy atom. The Labute approximate surface area is 115 Å². The fourth-order valence-electron chi connectivity index (χ4n) is 2.19. The first-order valence-corrected chi connectivity index (χ1v) is 6.44. The van der Waals surface area contributed by atoms with Gasteiger partial charge in [0.15, 0.2) is 0 Å². The molecule has 0 radical (unpaired) electrons. The van der Waals surface area contributed by atoms with E-state index in [1.807, 2.05) is 14.0 Å². The van der Waals surface area contributed by atoms with E-state index in [1.165, 1.54) is 5.56 Å². The molecule has 0 bridgehead atoms. The maximum Gasteiger partial charge on any atom is 0.236 e. The minimum atomic E-state index is 0.0715. The van der Waals surface area contributed by atoms with Gasteiger partial charge in [-0.15, -0.1) is 0 Å². The largest absolute Gasteiger partial charge is 0.496 e. The molecule has 0 saturated carbocycles. The summed E-state index contributed by atoms with van der Waals surface area (Å²) in [4.78, 5) is 13.6. The zero-order chi connectivity index (χ0) is 14.6. The third kappa shape index (κ3) is 3.47. The number of rotatable bonds is 5. The van der Waals surface area contributed by atoms with Crippen LogP contribution >= 0.6 is 0 Å². The Kier molecular flexibility index (Phi) is 5.36. The Balaban J connectivity index is 3.07. The summed E-state index contributed by atoms with van der Waals surface area (Å²) in [5.41, 5.74) is 4.58. The van der Waals surface area contributed by atoms with E-state index in [-0.39, 0.29) is 5.91 Å². The number of methoxy groups -OCH3 is 1. The van der Waals surface area contributed by atoms with Gasteiger partial charge in [-0.2, -0.15) is 0 Å². The zero-order valence-electron chi connectivity index (χ0n) is 12.8. The summed E-state index contributed by atoms with van der Waals surface area (Å²) in [6, 6.07) is 2.14. The van der Waals surface area contributed by atoms with Crippen LogP contribution in [0.15, 0.2) is 6.07 Å². The van der Waals surface area contributed by atoms with Gasteiger partial charge in [0.1, 0.15) is 5.75 Å². The van der Waals surface area contributed by atoms with Crippen molar-refractivity contribution in [3.05, 3.63) is 28.3 Å². The number of amides is 1. The molecule has 0 aromatic heterocycles. The molecule has 0 spiro atoms. The highest BCUT2D eigenvalue weighted by molar-refractivity contribution is 5.78. The molecular formula is C15H24N2O2. The number of nitrogens with zero attached hydrogens (tertiary/aromatic N) is 1. The summed E-state index contributed by atoms with van der Waals surface area (Å²) in [5.74, 6) is 0.962. The second-order valence-electron chi connectivity index (χ2n) is 4.93. The SMILES string of the molecule is CNCC(=O)N(C)Cc1c(C)cc(C)c(C)c1OC. The molecule has 0 unspecified atom stereocenters. The number of nitrogens with one attached hydrogen (secondary N) is 1. The van der Waals surface area contributed by atoms with Gasteiger partial charge in [-0.05, 0) is 44.5 Å². The molecule has 0 heterocycles. The van der Waals surface area contributed by atoms with Crippen LogP contribution < -0.4 is 10.1 Å². The highest BCUT2D eigenvalue weighted by atomic mass is 16.5. The van der Waals surface area contributed by atoms with Crippen molar-refractivity contribution in [2.24, 2.45) is 0 Å². The standard InChI is InChI=1S/C15H24N2O2/c1-10-7-11(2)13(15(19-6)12(10)3)9-17(5)14(18)8-16-4/h7,16H,8-9H2,1-6H3. The van der Waals surface area contributed by atoms with Crippen LogP contribution in [-0.2, 0) is 11.3 Å². The van der Waals surface area contributed by atoms with Crippen molar-refractivity contribution in [1.29, 1.82) is 0 Å². The van der Waals surface area contributed by atoms with E-state index in [1.54, 1.807) is 19.1 Å². The zero-order valence-corrected chi connectivity index (χ0v) is 12.8. The van der Waals surface area contributed by atoms with Gasteiger partial charge in [-0.3, -0.25) is 4.79 Å². The van der Waals surface area contributed by atoms with Crippen LogP contribution in [0.2, 0.25) is 0 Å². The minimum absolute atomic E-state index is 0.0715. The summed E-state index contributed by atoms with van der Waals surface area (Å²) < 4.78 is 5.52. The van der Waals surface area contributed by atoms with Crippen LogP contribution in [0.3, 0.4) is 0 Å².